The van der Waals surface area contributed by atoms with E-state index in [0.717, 1.165) is 42.1 Å². The summed E-state index contributed by atoms with van der Waals surface area (Å²) in [5.74, 6) is -0.0325. The van der Waals surface area contributed by atoms with Crippen LogP contribution < -0.4 is 10.6 Å². The number of aromatic nitrogens is 2. The predicted molar refractivity (Wildman–Crippen MR) is 106 cm³/mol. The van der Waals surface area contributed by atoms with Crippen molar-refractivity contribution in [1.82, 2.24) is 20.2 Å². The van der Waals surface area contributed by atoms with Gasteiger partial charge in [-0.2, -0.15) is 0 Å². The molecule has 3 heterocycles. The van der Waals surface area contributed by atoms with Crippen LogP contribution in [0.25, 0.3) is 5.69 Å². The SMILES string of the molecule is Cc1cc(C(=O)NCc2cccc3c2CCNC3)c(C)n1-c1ccncc1. The highest BCUT2D eigenvalue weighted by Crippen LogP contribution is 2.21. The van der Waals surface area contributed by atoms with E-state index in [4.69, 9.17) is 0 Å². The second-order valence-electron chi connectivity index (χ2n) is 6.99. The summed E-state index contributed by atoms with van der Waals surface area (Å²) in [5, 5.41) is 6.51. The maximum Gasteiger partial charge on any atom is 0.253 e. The number of fused-ring (bicyclic) bond motifs is 1. The van der Waals surface area contributed by atoms with Crippen LogP contribution in [0, 0.1) is 13.8 Å². The number of aryl methyl sites for hydroxylation is 1. The van der Waals surface area contributed by atoms with Crippen LogP contribution in [0.4, 0.5) is 0 Å². The Balaban J connectivity index is 1.55. The molecule has 0 atom stereocenters. The summed E-state index contributed by atoms with van der Waals surface area (Å²) in [5.41, 5.74) is 7.63. The average molecular weight is 360 g/mol. The van der Waals surface area contributed by atoms with E-state index < -0.39 is 0 Å². The van der Waals surface area contributed by atoms with Crippen molar-refractivity contribution in [2.75, 3.05) is 6.54 Å². The van der Waals surface area contributed by atoms with Crippen molar-refractivity contribution >= 4 is 5.91 Å². The molecule has 0 aliphatic carbocycles. The van der Waals surface area contributed by atoms with Gasteiger partial charge in [0.25, 0.3) is 5.91 Å². The van der Waals surface area contributed by atoms with Crippen molar-refractivity contribution in [2.45, 2.75) is 33.4 Å². The van der Waals surface area contributed by atoms with Gasteiger partial charge in [0.2, 0.25) is 0 Å². The summed E-state index contributed by atoms with van der Waals surface area (Å²) < 4.78 is 2.09. The van der Waals surface area contributed by atoms with E-state index in [2.05, 4.69) is 38.4 Å². The molecule has 0 bridgehead atoms. The second kappa shape index (κ2) is 7.37. The molecule has 0 saturated heterocycles. The second-order valence-corrected chi connectivity index (χ2v) is 6.99. The van der Waals surface area contributed by atoms with E-state index >= 15 is 0 Å². The standard InChI is InChI=1S/C22H24N4O/c1-15-12-21(16(2)26(15)19-6-9-23-10-7-19)22(27)25-14-18-5-3-4-17-13-24-11-8-20(17)18/h3-7,9-10,12,24H,8,11,13-14H2,1-2H3,(H,25,27). The van der Waals surface area contributed by atoms with E-state index in [1.54, 1.807) is 12.4 Å². The third kappa shape index (κ3) is 3.38. The number of pyridine rings is 1. The smallest absolute Gasteiger partial charge is 0.253 e. The molecule has 1 aromatic carbocycles. The van der Waals surface area contributed by atoms with Crippen molar-refractivity contribution in [1.29, 1.82) is 0 Å². The fourth-order valence-electron chi connectivity index (χ4n) is 3.93. The number of nitrogens with one attached hydrogen (secondary N) is 2. The van der Waals surface area contributed by atoms with Gasteiger partial charge in [0, 0.05) is 42.6 Å². The first-order valence-corrected chi connectivity index (χ1v) is 9.33. The summed E-state index contributed by atoms with van der Waals surface area (Å²) in [7, 11) is 0. The molecule has 1 amide bonds. The minimum Gasteiger partial charge on any atom is -0.348 e. The van der Waals surface area contributed by atoms with E-state index in [0.29, 0.717) is 6.54 Å². The monoisotopic (exact) mass is 360 g/mol. The number of carbonyl (C=O) groups is 1. The Morgan fingerprint density at radius 2 is 2.04 bits per heavy atom. The number of rotatable bonds is 4. The Bertz CT molecular complexity index is 975. The fourth-order valence-corrected chi connectivity index (χ4v) is 3.93. The normalized spacial score (nSPS) is 13.3. The summed E-state index contributed by atoms with van der Waals surface area (Å²) in [6.45, 7) is 6.46. The lowest BCUT2D eigenvalue weighted by atomic mass is 9.95. The van der Waals surface area contributed by atoms with Gasteiger partial charge in [-0.25, -0.2) is 0 Å². The van der Waals surface area contributed by atoms with Gasteiger partial charge in [-0.15, -0.1) is 0 Å². The van der Waals surface area contributed by atoms with Crippen LogP contribution in [-0.2, 0) is 19.5 Å². The number of hydrogen-bond donors (Lipinski definition) is 2. The summed E-state index contributed by atoms with van der Waals surface area (Å²) in [4.78, 5) is 16.9. The third-order valence-electron chi connectivity index (χ3n) is 5.27. The molecule has 1 aliphatic rings. The lowest BCUT2D eigenvalue weighted by molar-refractivity contribution is 0.0950. The van der Waals surface area contributed by atoms with Gasteiger partial charge in [0.15, 0.2) is 0 Å². The Kier molecular flexibility index (Phi) is 4.77. The minimum atomic E-state index is -0.0325. The first-order chi connectivity index (χ1) is 13.1. The minimum absolute atomic E-state index is 0.0325. The largest absolute Gasteiger partial charge is 0.348 e. The van der Waals surface area contributed by atoms with E-state index in [1.165, 1.54) is 16.7 Å². The highest BCUT2D eigenvalue weighted by atomic mass is 16.1. The zero-order valence-corrected chi connectivity index (χ0v) is 15.7. The summed E-state index contributed by atoms with van der Waals surface area (Å²) >= 11 is 0. The Morgan fingerprint density at radius 3 is 2.85 bits per heavy atom. The molecule has 2 aromatic heterocycles. The van der Waals surface area contributed by atoms with Gasteiger partial charge in [-0.1, -0.05) is 18.2 Å². The van der Waals surface area contributed by atoms with Crippen LogP contribution in [0.1, 0.15) is 38.4 Å². The molecule has 3 aromatic rings. The van der Waals surface area contributed by atoms with Crippen molar-refractivity contribution in [3.63, 3.8) is 0 Å². The van der Waals surface area contributed by atoms with Crippen molar-refractivity contribution < 1.29 is 4.79 Å². The van der Waals surface area contributed by atoms with Crippen LogP contribution in [0.5, 0.6) is 0 Å². The van der Waals surface area contributed by atoms with Crippen LogP contribution in [-0.4, -0.2) is 22.0 Å². The van der Waals surface area contributed by atoms with E-state index in [-0.39, 0.29) is 5.91 Å². The van der Waals surface area contributed by atoms with Crippen LogP contribution >= 0.6 is 0 Å². The molecule has 138 valence electrons. The van der Waals surface area contributed by atoms with Gasteiger partial charge >= 0.3 is 0 Å². The molecular formula is C22H24N4O. The van der Waals surface area contributed by atoms with Crippen LogP contribution in [0.15, 0.2) is 48.8 Å². The first-order valence-electron chi connectivity index (χ1n) is 9.33. The number of nitrogens with zero attached hydrogens (tertiary/aromatic N) is 2. The maximum atomic E-state index is 12.9. The fraction of sp³-hybridized carbons (Fsp3) is 0.273. The maximum absolute atomic E-state index is 12.9. The molecule has 0 unspecified atom stereocenters. The van der Waals surface area contributed by atoms with Crippen molar-refractivity contribution in [3.05, 3.63) is 82.4 Å². The molecule has 2 N–H and O–H groups in total. The molecule has 1 aliphatic heterocycles. The van der Waals surface area contributed by atoms with E-state index in [9.17, 15) is 4.79 Å². The molecule has 0 saturated carbocycles. The van der Waals surface area contributed by atoms with Crippen LogP contribution in [0.2, 0.25) is 0 Å². The zero-order valence-electron chi connectivity index (χ0n) is 15.7. The van der Waals surface area contributed by atoms with Gasteiger partial charge in [-0.3, -0.25) is 9.78 Å². The van der Waals surface area contributed by atoms with Crippen molar-refractivity contribution in [3.8, 4) is 5.69 Å². The highest BCUT2D eigenvalue weighted by molar-refractivity contribution is 5.95. The molecule has 5 heteroatoms. The molecule has 5 nitrogen and oxygen atoms in total. The van der Waals surface area contributed by atoms with Gasteiger partial charge in [-0.05, 0) is 61.7 Å². The number of benzene rings is 1. The molecule has 0 radical (unpaired) electrons. The number of hydrogen-bond acceptors (Lipinski definition) is 3. The molecule has 27 heavy (non-hydrogen) atoms. The molecular weight excluding hydrogens is 336 g/mol. The Morgan fingerprint density at radius 1 is 1.22 bits per heavy atom. The summed E-state index contributed by atoms with van der Waals surface area (Å²) in [6, 6.07) is 12.2. The molecule has 0 spiro atoms. The lowest BCUT2D eigenvalue weighted by Crippen LogP contribution is -2.27. The lowest BCUT2D eigenvalue weighted by Gasteiger charge is -2.20. The summed E-state index contributed by atoms with van der Waals surface area (Å²) in [6.07, 6.45) is 4.54. The van der Waals surface area contributed by atoms with Crippen LogP contribution in [0.3, 0.4) is 0 Å². The van der Waals surface area contributed by atoms with Crippen molar-refractivity contribution in [2.24, 2.45) is 0 Å². The zero-order chi connectivity index (χ0) is 18.8. The number of carbonyl (C=O) groups excluding carboxylic acids is 1. The number of amides is 1. The van der Waals surface area contributed by atoms with Gasteiger partial charge in [0.1, 0.15) is 0 Å². The molecule has 0 fully saturated rings. The topological polar surface area (TPSA) is 59.0 Å². The Hall–Kier alpha value is -2.92. The Labute approximate surface area is 159 Å². The predicted octanol–water partition coefficient (Wildman–Crippen LogP) is 3.06. The highest BCUT2D eigenvalue weighted by Gasteiger charge is 2.18. The third-order valence-corrected chi connectivity index (χ3v) is 5.27. The van der Waals surface area contributed by atoms with Gasteiger partial charge < -0.3 is 15.2 Å². The average Bonchev–Trinajstić information content (AvgIpc) is 3.01. The van der Waals surface area contributed by atoms with E-state index in [1.807, 2.05) is 32.0 Å². The quantitative estimate of drug-likeness (QED) is 0.752. The molecule has 4 rings (SSSR count). The first kappa shape index (κ1) is 17.5. The van der Waals surface area contributed by atoms with Gasteiger partial charge in [0.05, 0.1) is 5.56 Å².